The smallest absolute Gasteiger partial charge is 0.251 e. The fraction of sp³-hybridized carbons (Fsp3) is 0.350. The van der Waals surface area contributed by atoms with Crippen LogP contribution in [0.4, 0.5) is 0 Å². The maximum atomic E-state index is 12.2. The van der Waals surface area contributed by atoms with Gasteiger partial charge in [-0.3, -0.25) is 9.69 Å². The third-order valence-corrected chi connectivity index (χ3v) is 4.09. The second-order valence-corrected chi connectivity index (χ2v) is 5.83. The summed E-state index contributed by atoms with van der Waals surface area (Å²) in [6, 6.07) is 16.1. The fourth-order valence-electron chi connectivity index (χ4n) is 2.46. The van der Waals surface area contributed by atoms with Crippen molar-refractivity contribution in [2.24, 2.45) is 0 Å². The van der Waals surface area contributed by atoms with E-state index in [9.17, 15) is 4.79 Å². The van der Waals surface area contributed by atoms with Gasteiger partial charge in [0, 0.05) is 18.7 Å². The van der Waals surface area contributed by atoms with Gasteiger partial charge in [-0.25, -0.2) is 0 Å². The largest absolute Gasteiger partial charge is 0.348 e. The molecule has 1 N–H and O–H groups in total. The first kappa shape index (κ1) is 17.2. The van der Waals surface area contributed by atoms with Crippen molar-refractivity contribution >= 4 is 5.91 Å². The third kappa shape index (κ3) is 5.22. The maximum absolute atomic E-state index is 12.2. The van der Waals surface area contributed by atoms with E-state index >= 15 is 0 Å². The van der Waals surface area contributed by atoms with Gasteiger partial charge in [-0.15, -0.1) is 0 Å². The van der Waals surface area contributed by atoms with E-state index in [2.05, 4.69) is 43.1 Å². The molecule has 0 saturated carbocycles. The summed E-state index contributed by atoms with van der Waals surface area (Å²) in [4.78, 5) is 14.6. The Morgan fingerprint density at radius 1 is 0.913 bits per heavy atom. The summed E-state index contributed by atoms with van der Waals surface area (Å²) in [7, 11) is 0. The molecule has 0 radical (unpaired) electrons. The van der Waals surface area contributed by atoms with Gasteiger partial charge in [0.15, 0.2) is 0 Å². The lowest BCUT2D eigenvalue weighted by Crippen LogP contribution is -2.23. The van der Waals surface area contributed by atoms with E-state index < -0.39 is 0 Å². The van der Waals surface area contributed by atoms with Crippen molar-refractivity contribution in [3.63, 3.8) is 0 Å². The molecule has 1 amide bonds. The van der Waals surface area contributed by atoms with Gasteiger partial charge in [0.2, 0.25) is 0 Å². The summed E-state index contributed by atoms with van der Waals surface area (Å²) in [5.74, 6) is -0.0278. The minimum Gasteiger partial charge on any atom is -0.348 e. The average Bonchev–Trinajstić information content (AvgIpc) is 2.59. The van der Waals surface area contributed by atoms with Crippen LogP contribution < -0.4 is 5.32 Å². The molecule has 3 heteroatoms. The van der Waals surface area contributed by atoms with Crippen LogP contribution in [0.5, 0.6) is 0 Å². The van der Waals surface area contributed by atoms with E-state index in [1.165, 1.54) is 11.1 Å². The molecule has 0 saturated heterocycles. The lowest BCUT2D eigenvalue weighted by atomic mass is 10.1. The van der Waals surface area contributed by atoms with Crippen LogP contribution in [0.3, 0.4) is 0 Å². The fourth-order valence-corrected chi connectivity index (χ4v) is 2.46. The highest BCUT2D eigenvalue weighted by molar-refractivity contribution is 5.94. The molecule has 122 valence electrons. The first-order valence-corrected chi connectivity index (χ1v) is 8.27. The van der Waals surface area contributed by atoms with Gasteiger partial charge in [-0.1, -0.05) is 55.8 Å². The molecule has 2 aromatic carbocycles. The molecule has 0 unspecified atom stereocenters. The van der Waals surface area contributed by atoms with Crippen LogP contribution in [0, 0.1) is 6.92 Å². The van der Waals surface area contributed by atoms with Crippen molar-refractivity contribution < 1.29 is 4.79 Å². The van der Waals surface area contributed by atoms with Crippen molar-refractivity contribution in [2.45, 2.75) is 33.9 Å². The molecule has 0 aliphatic heterocycles. The van der Waals surface area contributed by atoms with Crippen LogP contribution in [0.2, 0.25) is 0 Å². The van der Waals surface area contributed by atoms with Crippen molar-refractivity contribution in [3.8, 4) is 0 Å². The van der Waals surface area contributed by atoms with Crippen molar-refractivity contribution in [2.75, 3.05) is 13.1 Å². The molecule has 0 aliphatic carbocycles. The molecule has 3 nitrogen and oxygen atoms in total. The molecular weight excluding hydrogens is 284 g/mol. The van der Waals surface area contributed by atoms with Crippen LogP contribution in [0.1, 0.15) is 40.9 Å². The van der Waals surface area contributed by atoms with Crippen LogP contribution in [-0.2, 0) is 13.1 Å². The van der Waals surface area contributed by atoms with Gasteiger partial charge in [0.05, 0.1) is 0 Å². The lowest BCUT2D eigenvalue weighted by molar-refractivity contribution is 0.0951. The van der Waals surface area contributed by atoms with E-state index in [1.54, 1.807) is 0 Å². The zero-order chi connectivity index (χ0) is 16.7. The number of carbonyl (C=O) groups excluding carboxylic acids is 1. The lowest BCUT2D eigenvalue weighted by Gasteiger charge is -2.18. The van der Waals surface area contributed by atoms with Crippen LogP contribution in [-0.4, -0.2) is 23.9 Å². The normalized spacial score (nSPS) is 10.8. The third-order valence-electron chi connectivity index (χ3n) is 4.09. The topological polar surface area (TPSA) is 32.3 Å². The number of nitrogens with one attached hydrogen (secondary N) is 1. The predicted octanol–water partition coefficient (Wildman–Crippen LogP) is 3.77. The second kappa shape index (κ2) is 8.49. The SMILES string of the molecule is CCN(CC)Cc1ccc(C(=O)NCc2ccc(C)cc2)cc1. The van der Waals surface area contributed by atoms with Crippen LogP contribution in [0.25, 0.3) is 0 Å². The minimum absolute atomic E-state index is 0.0278. The van der Waals surface area contributed by atoms with Gasteiger partial charge in [0.1, 0.15) is 0 Å². The molecule has 0 aliphatic rings. The number of hydrogen-bond donors (Lipinski definition) is 1. The monoisotopic (exact) mass is 310 g/mol. The molecule has 0 spiro atoms. The molecule has 0 atom stereocenters. The van der Waals surface area contributed by atoms with E-state index in [0.29, 0.717) is 12.1 Å². The Kier molecular flexibility index (Phi) is 6.36. The van der Waals surface area contributed by atoms with Crippen molar-refractivity contribution in [1.29, 1.82) is 0 Å². The van der Waals surface area contributed by atoms with E-state index in [1.807, 2.05) is 36.4 Å². The van der Waals surface area contributed by atoms with Gasteiger partial charge in [-0.05, 0) is 43.3 Å². The summed E-state index contributed by atoms with van der Waals surface area (Å²) >= 11 is 0. The summed E-state index contributed by atoms with van der Waals surface area (Å²) in [6.07, 6.45) is 0. The number of benzene rings is 2. The highest BCUT2D eigenvalue weighted by Crippen LogP contribution is 2.08. The molecule has 2 aromatic rings. The molecule has 0 fully saturated rings. The first-order chi connectivity index (χ1) is 11.1. The predicted molar refractivity (Wildman–Crippen MR) is 95.4 cm³/mol. The van der Waals surface area contributed by atoms with Crippen LogP contribution in [0.15, 0.2) is 48.5 Å². The van der Waals surface area contributed by atoms with Crippen molar-refractivity contribution in [3.05, 3.63) is 70.8 Å². The molecular formula is C20H26N2O. The quantitative estimate of drug-likeness (QED) is 0.844. The van der Waals surface area contributed by atoms with E-state index in [0.717, 1.165) is 25.2 Å². The summed E-state index contributed by atoms with van der Waals surface area (Å²) in [6.45, 7) is 9.94. The number of carbonyl (C=O) groups is 1. The molecule has 23 heavy (non-hydrogen) atoms. The number of nitrogens with zero attached hydrogens (tertiary/aromatic N) is 1. The molecule has 0 bridgehead atoms. The number of amides is 1. The van der Waals surface area contributed by atoms with Gasteiger partial charge in [-0.2, -0.15) is 0 Å². The Morgan fingerprint density at radius 2 is 1.48 bits per heavy atom. The van der Waals surface area contributed by atoms with Crippen molar-refractivity contribution in [1.82, 2.24) is 10.2 Å². The summed E-state index contributed by atoms with van der Waals surface area (Å²) in [5.41, 5.74) is 4.29. The molecule has 0 aromatic heterocycles. The number of aryl methyl sites for hydroxylation is 1. The highest BCUT2D eigenvalue weighted by atomic mass is 16.1. The Balaban J connectivity index is 1.90. The Labute approximate surface area is 139 Å². The summed E-state index contributed by atoms with van der Waals surface area (Å²) < 4.78 is 0. The van der Waals surface area contributed by atoms with Gasteiger partial charge in [0.25, 0.3) is 5.91 Å². The Hall–Kier alpha value is -2.13. The Morgan fingerprint density at radius 3 is 2.04 bits per heavy atom. The first-order valence-electron chi connectivity index (χ1n) is 8.27. The number of hydrogen-bond acceptors (Lipinski definition) is 2. The molecule has 0 heterocycles. The second-order valence-electron chi connectivity index (χ2n) is 5.83. The maximum Gasteiger partial charge on any atom is 0.251 e. The summed E-state index contributed by atoms with van der Waals surface area (Å²) in [5, 5.41) is 2.97. The standard InChI is InChI=1S/C20H26N2O/c1-4-22(5-2)15-18-10-12-19(13-11-18)20(23)21-14-17-8-6-16(3)7-9-17/h6-13H,4-5,14-15H2,1-3H3,(H,21,23). The van der Waals surface area contributed by atoms with E-state index in [4.69, 9.17) is 0 Å². The molecule has 2 rings (SSSR count). The Bertz CT molecular complexity index is 613. The van der Waals surface area contributed by atoms with Gasteiger partial charge >= 0.3 is 0 Å². The van der Waals surface area contributed by atoms with Gasteiger partial charge < -0.3 is 5.32 Å². The van der Waals surface area contributed by atoms with E-state index in [-0.39, 0.29) is 5.91 Å². The zero-order valence-corrected chi connectivity index (χ0v) is 14.3. The highest BCUT2D eigenvalue weighted by Gasteiger charge is 2.06. The zero-order valence-electron chi connectivity index (χ0n) is 14.3. The number of rotatable bonds is 7. The minimum atomic E-state index is -0.0278. The van der Waals surface area contributed by atoms with Crippen LogP contribution >= 0.6 is 0 Å². The average molecular weight is 310 g/mol.